The van der Waals surface area contributed by atoms with Crippen molar-refractivity contribution in [2.45, 2.75) is 25.8 Å². The Morgan fingerprint density at radius 2 is 2.42 bits per heavy atom. The number of piperidine rings is 1. The van der Waals surface area contributed by atoms with Crippen LogP contribution in [0.3, 0.4) is 0 Å². The van der Waals surface area contributed by atoms with Crippen LogP contribution in [0.15, 0.2) is 24.1 Å². The van der Waals surface area contributed by atoms with E-state index < -0.39 is 0 Å². The molecule has 0 spiro atoms. The Balaban J connectivity index is 1.73. The molecule has 0 saturated carbocycles. The molecule has 1 aliphatic heterocycles. The van der Waals surface area contributed by atoms with Crippen LogP contribution in [0.2, 0.25) is 0 Å². The molecule has 19 heavy (non-hydrogen) atoms. The highest BCUT2D eigenvalue weighted by Gasteiger charge is 2.26. The number of aromatic nitrogens is 3. The van der Waals surface area contributed by atoms with E-state index in [4.69, 9.17) is 0 Å². The summed E-state index contributed by atoms with van der Waals surface area (Å²) in [6.45, 7) is 3.48. The summed E-state index contributed by atoms with van der Waals surface area (Å²) < 4.78 is 2.09. The minimum atomic E-state index is 0.0502. The van der Waals surface area contributed by atoms with E-state index >= 15 is 0 Å². The molecule has 0 bridgehead atoms. The smallest absolute Gasteiger partial charge is 0.273 e. The molecule has 100 valence electrons. The highest BCUT2D eigenvalue weighted by Crippen LogP contribution is 2.22. The second-order valence-electron chi connectivity index (χ2n) is 4.81. The number of rotatable bonds is 2. The number of hydrogen-bond donors (Lipinski definition) is 0. The van der Waals surface area contributed by atoms with Crippen LogP contribution in [0.25, 0.3) is 0 Å². The maximum absolute atomic E-state index is 12.4. The molecule has 1 saturated heterocycles. The van der Waals surface area contributed by atoms with Crippen molar-refractivity contribution in [2.24, 2.45) is 0 Å². The van der Waals surface area contributed by atoms with E-state index in [1.165, 1.54) is 11.3 Å². The van der Waals surface area contributed by atoms with Crippen LogP contribution in [-0.4, -0.2) is 38.4 Å². The molecule has 0 radical (unpaired) electrons. The minimum Gasteiger partial charge on any atom is -0.335 e. The van der Waals surface area contributed by atoms with E-state index in [1.54, 1.807) is 6.20 Å². The zero-order valence-corrected chi connectivity index (χ0v) is 11.6. The summed E-state index contributed by atoms with van der Waals surface area (Å²) in [5.41, 5.74) is 0.578. The topological polar surface area (TPSA) is 51.0 Å². The van der Waals surface area contributed by atoms with Gasteiger partial charge in [-0.1, -0.05) is 0 Å². The third kappa shape index (κ3) is 2.53. The summed E-state index contributed by atoms with van der Waals surface area (Å²) in [6.07, 6.45) is 7.69. The van der Waals surface area contributed by atoms with Gasteiger partial charge in [-0.2, -0.15) is 0 Å². The lowest BCUT2D eigenvalue weighted by Gasteiger charge is -2.32. The first-order chi connectivity index (χ1) is 9.24. The molecule has 1 atom stereocenters. The number of thiazole rings is 1. The van der Waals surface area contributed by atoms with Crippen molar-refractivity contribution in [3.63, 3.8) is 0 Å². The fraction of sp³-hybridized carbons (Fsp3) is 0.462. The van der Waals surface area contributed by atoms with Gasteiger partial charge in [0.25, 0.3) is 5.91 Å². The van der Waals surface area contributed by atoms with Gasteiger partial charge in [0, 0.05) is 30.9 Å². The van der Waals surface area contributed by atoms with Gasteiger partial charge in [0.2, 0.25) is 0 Å². The summed E-state index contributed by atoms with van der Waals surface area (Å²) in [5, 5.41) is 2.78. The molecule has 0 N–H and O–H groups in total. The molecule has 0 unspecified atom stereocenters. The van der Waals surface area contributed by atoms with Gasteiger partial charge in [-0.25, -0.2) is 9.97 Å². The SMILES string of the molecule is Cc1nc(C(=O)N2CCC[C@H](n3ccnc3)C2)cs1. The maximum Gasteiger partial charge on any atom is 0.273 e. The zero-order valence-electron chi connectivity index (χ0n) is 10.8. The van der Waals surface area contributed by atoms with E-state index in [1.807, 2.05) is 29.7 Å². The van der Waals surface area contributed by atoms with Crippen LogP contribution in [0.5, 0.6) is 0 Å². The Labute approximate surface area is 115 Å². The zero-order chi connectivity index (χ0) is 13.2. The van der Waals surface area contributed by atoms with Gasteiger partial charge in [-0.05, 0) is 19.8 Å². The first kappa shape index (κ1) is 12.3. The third-order valence-electron chi connectivity index (χ3n) is 3.47. The van der Waals surface area contributed by atoms with E-state index in [0.717, 1.165) is 30.9 Å². The molecule has 0 aromatic carbocycles. The molecule has 1 fully saturated rings. The number of amides is 1. The summed E-state index contributed by atoms with van der Waals surface area (Å²) in [4.78, 5) is 22.6. The van der Waals surface area contributed by atoms with Crippen LogP contribution in [0, 0.1) is 6.92 Å². The monoisotopic (exact) mass is 276 g/mol. The fourth-order valence-electron chi connectivity index (χ4n) is 2.49. The lowest BCUT2D eigenvalue weighted by molar-refractivity contribution is 0.0674. The van der Waals surface area contributed by atoms with Crippen molar-refractivity contribution < 1.29 is 4.79 Å². The molecule has 3 rings (SSSR count). The van der Waals surface area contributed by atoms with Gasteiger partial charge >= 0.3 is 0 Å². The Morgan fingerprint density at radius 1 is 1.53 bits per heavy atom. The lowest BCUT2D eigenvalue weighted by Crippen LogP contribution is -2.40. The normalized spacial score (nSPS) is 19.6. The Morgan fingerprint density at radius 3 is 3.11 bits per heavy atom. The molecule has 5 nitrogen and oxygen atoms in total. The molecule has 3 heterocycles. The highest BCUT2D eigenvalue weighted by molar-refractivity contribution is 7.09. The van der Waals surface area contributed by atoms with Crippen LogP contribution < -0.4 is 0 Å². The Kier molecular flexibility index (Phi) is 3.33. The van der Waals surface area contributed by atoms with Crippen molar-refractivity contribution in [2.75, 3.05) is 13.1 Å². The van der Waals surface area contributed by atoms with Crippen LogP contribution in [-0.2, 0) is 0 Å². The average molecular weight is 276 g/mol. The third-order valence-corrected chi connectivity index (χ3v) is 4.24. The molecule has 2 aromatic rings. The van der Waals surface area contributed by atoms with E-state index in [9.17, 15) is 4.79 Å². The van der Waals surface area contributed by atoms with Crippen LogP contribution in [0.4, 0.5) is 0 Å². The number of imidazole rings is 1. The van der Waals surface area contributed by atoms with E-state index in [-0.39, 0.29) is 5.91 Å². The van der Waals surface area contributed by atoms with Gasteiger partial charge in [0.05, 0.1) is 17.4 Å². The largest absolute Gasteiger partial charge is 0.335 e. The number of likely N-dealkylation sites (tertiary alicyclic amines) is 1. The lowest BCUT2D eigenvalue weighted by atomic mass is 10.1. The van der Waals surface area contributed by atoms with Gasteiger partial charge in [-0.3, -0.25) is 4.79 Å². The molecule has 6 heteroatoms. The average Bonchev–Trinajstić information content (AvgIpc) is 3.09. The Hall–Kier alpha value is -1.69. The summed E-state index contributed by atoms with van der Waals surface area (Å²) >= 11 is 1.52. The summed E-state index contributed by atoms with van der Waals surface area (Å²) in [5.74, 6) is 0.0502. The van der Waals surface area contributed by atoms with Crippen molar-refractivity contribution in [3.8, 4) is 0 Å². The number of carbonyl (C=O) groups is 1. The molecule has 0 aliphatic carbocycles. The molecular weight excluding hydrogens is 260 g/mol. The van der Waals surface area contributed by atoms with Crippen molar-refractivity contribution in [1.29, 1.82) is 0 Å². The van der Waals surface area contributed by atoms with Gasteiger partial charge < -0.3 is 9.47 Å². The quantitative estimate of drug-likeness (QED) is 0.844. The molecule has 1 aliphatic rings. The fourth-order valence-corrected chi connectivity index (χ4v) is 3.08. The molecular formula is C13H16N4OS. The van der Waals surface area contributed by atoms with Gasteiger partial charge in [0.1, 0.15) is 5.69 Å². The second-order valence-corrected chi connectivity index (χ2v) is 5.87. The molecule has 1 amide bonds. The summed E-state index contributed by atoms with van der Waals surface area (Å²) in [6, 6.07) is 0.333. The van der Waals surface area contributed by atoms with Gasteiger partial charge in [0.15, 0.2) is 0 Å². The standard InChI is InChI=1S/C13H16N4OS/c1-10-15-12(8-19-10)13(18)16-5-2-3-11(7-16)17-6-4-14-9-17/h4,6,8-9,11H,2-3,5,7H2,1H3/t11-/m0/s1. The number of nitrogens with zero attached hydrogens (tertiary/aromatic N) is 4. The molecule has 2 aromatic heterocycles. The van der Waals surface area contributed by atoms with Crippen molar-refractivity contribution in [3.05, 3.63) is 34.8 Å². The highest BCUT2D eigenvalue weighted by atomic mass is 32.1. The van der Waals surface area contributed by atoms with Crippen molar-refractivity contribution >= 4 is 17.2 Å². The van der Waals surface area contributed by atoms with E-state index in [0.29, 0.717) is 11.7 Å². The maximum atomic E-state index is 12.4. The Bertz CT molecular complexity index is 563. The minimum absolute atomic E-state index is 0.0502. The summed E-state index contributed by atoms with van der Waals surface area (Å²) in [7, 11) is 0. The number of aryl methyl sites for hydroxylation is 1. The number of hydrogen-bond acceptors (Lipinski definition) is 4. The van der Waals surface area contributed by atoms with E-state index in [2.05, 4.69) is 14.5 Å². The van der Waals surface area contributed by atoms with Crippen LogP contribution >= 0.6 is 11.3 Å². The van der Waals surface area contributed by atoms with Crippen molar-refractivity contribution in [1.82, 2.24) is 19.4 Å². The van der Waals surface area contributed by atoms with Gasteiger partial charge in [-0.15, -0.1) is 11.3 Å². The first-order valence-electron chi connectivity index (χ1n) is 6.43. The predicted molar refractivity (Wildman–Crippen MR) is 73.3 cm³/mol. The first-order valence-corrected chi connectivity index (χ1v) is 7.31. The van der Waals surface area contributed by atoms with Crippen LogP contribution in [0.1, 0.15) is 34.4 Å². The number of carbonyl (C=O) groups excluding carboxylic acids is 1. The second kappa shape index (κ2) is 5.13. The predicted octanol–water partition coefficient (Wildman–Crippen LogP) is 2.13.